The van der Waals surface area contributed by atoms with Crippen LogP contribution in [-0.2, 0) is 17.6 Å². The summed E-state index contributed by atoms with van der Waals surface area (Å²) in [6.07, 6.45) is 1.80. The van der Waals surface area contributed by atoms with Gasteiger partial charge in [0.2, 0.25) is 0 Å². The van der Waals surface area contributed by atoms with Crippen molar-refractivity contribution in [2.24, 2.45) is 0 Å². The Labute approximate surface area is 182 Å². The van der Waals surface area contributed by atoms with Crippen molar-refractivity contribution in [1.82, 2.24) is 14.9 Å². The Balaban J connectivity index is 1.23. The maximum Gasteiger partial charge on any atom is 0.573 e. The molecule has 3 fully saturated rings. The number of aryl methyl sites for hydroxylation is 2. The van der Waals surface area contributed by atoms with Gasteiger partial charge in [0.15, 0.2) is 0 Å². The van der Waals surface area contributed by atoms with Crippen LogP contribution in [0.1, 0.15) is 41.0 Å². The Hall–Kier alpha value is -2.88. The standard InChI is InChI=1S/C22H22F3N3O4/c23-22(24,25)32-18-8-14(7-17(9-18)31-16-2-3-16)1-4-19-26-10-15(11-27-19)20(29)28-6-5-21(28)12-30-13-21/h7-11,16H,1-6,12-13H2. The number of hydrogen-bond donors (Lipinski definition) is 0. The predicted octanol–water partition coefficient (Wildman–Crippen LogP) is 3.32. The van der Waals surface area contributed by atoms with E-state index in [0.29, 0.717) is 55.3 Å². The van der Waals surface area contributed by atoms with Gasteiger partial charge >= 0.3 is 6.36 Å². The molecule has 3 heterocycles. The van der Waals surface area contributed by atoms with Crippen LogP contribution in [0.4, 0.5) is 13.2 Å². The molecule has 0 unspecified atom stereocenters. The van der Waals surface area contributed by atoms with E-state index in [1.165, 1.54) is 24.5 Å². The van der Waals surface area contributed by atoms with E-state index in [1.807, 2.05) is 4.90 Å². The van der Waals surface area contributed by atoms with Gasteiger partial charge in [-0.3, -0.25) is 4.79 Å². The molecule has 1 aromatic heterocycles. The van der Waals surface area contributed by atoms with E-state index in [2.05, 4.69) is 14.7 Å². The molecule has 0 bridgehead atoms. The molecule has 5 rings (SSSR count). The summed E-state index contributed by atoms with van der Waals surface area (Å²) in [7, 11) is 0. The molecular weight excluding hydrogens is 427 g/mol. The minimum atomic E-state index is -4.78. The lowest BCUT2D eigenvalue weighted by molar-refractivity contribution is -0.274. The second kappa shape index (κ2) is 7.91. The number of benzene rings is 1. The van der Waals surface area contributed by atoms with Gasteiger partial charge in [0.05, 0.1) is 30.4 Å². The van der Waals surface area contributed by atoms with Crippen LogP contribution in [0.2, 0.25) is 0 Å². The molecule has 10 heteroatoms. The molecule has 1 amide bonds. The third-order valence-corrected chi connectivity index (χ3v) is 5.95. The first kappa shape index (κ1) is 21.0. The van der Waals surface area contributed by atoms with Crippen molar-refractivity contribution in [1.29, 1.82) is 0 Å². The molecule has 0 radical (unpaired) electrons. The number of amides is 1. The average molecular weight is 449 g/mol. The monoisotopic (exact) mass is 449 g/mol. The van der Waals surface area contributed by atoms with Crippen molar-refractivity contribution in [2.45, 2.75) is 50.1 Å². The Kier molecular flexibility index (Phi) is 5.19. The molecule has 7 nitrogen and oxygen atoms in total. The van der Waals surface area contributed by atoms with E-state index in [-0.39, 0.29) is 23.3 Å². The van der Waals surface area contributed by atoms with Crippen LogP contribution in [0.15, 0.2) is 30.6 Å². The molecule has 170 valence electrons. The van der Waals surface area contributed by atoms with Gasteiger partial charge < -0.3 is 19.1 Å². The van der Waals surface area contributed by atoms with E-state index in [1.54, 1.807) is 6.07 Å². The highest BCUT2D eigenvalue weighted by molar-refractivity contribution is 5.94. The van der Waals surface area contributed by atoms with Gasteiger partial charge in [0.1, 0.15) is 17.3 Å². The number of halogens is 3. The summed E-state index contributed by atoms with van der Waals surface area (Å²) < 4.78 is 53.0. The number of ether oxygens (including phenoxy) is 3. The Morgan fingerprint density at radius 1 is 1.12 bits per heavy atom. The lowest BCUT2D eigenvalue weighted by atomic mass is 9.82. The first-order valence-electron chi connectivity index (χ1n) is 10.6. The summed E-state index contributed by atoms with van der Waals surface area (Å²) >= 11 is 0. The second-order valence-electron chi connectivity index (χ2n) is 8.49. The van der Waals surface area contributed by atoms with Gasteiger partial charge in [-0.1, -0.05) is 0 Å². The van der Waals surface area contributed by atoms with E-state index < -0.39 is 6.36 Å². The summed E-state index contributed by atoms with van der Waals surface area (Å²) in [5.41, 5.74) is 0.888. The third kappa shape index (κ3) is 4.50. The van der Waals surface area contributed by atoms with Gasteiger partial charge in [-0.25, -0.2) is 9.97 Å². The van der Waals surface area contributed by atoms with Crippen LogP contribution in [0.5, 0.6) is 11.5 Å². The molecule has 0 N–H and O–H groups in total. The van der Waals surface area contributed by atoms with E-state index in [4.69, 9.17) is 9.47 Å². The minimum absolute atomic E-state index is 0.0504. The van der Waals surface area contributed by atoms with Gasteiger partial charge in [-0.2, -0.15) is 0 Å². The maximum atomic E-state index is 12.7. The number of alkyl halides is 3. The molecular formula is C22H22F3N3O4. The highest BCUT2D eigenvalue weighted by Crippen LogP contribution is 2.38. The number of carbonyl (C=O) groups excluding carboxylic acids is 1. The highest BCUT2D eigenvalue weighted by atomic mass is 19.4. The Morgan fingerprint density at radius 3 is 2.41 bits per heavy atom. The lowest BCUT2D eigenvalue weighted by Gasteiger charge is -2.57. The molecule has 1 spiro atoms. The summed E-state index contributed by atoms with van der Waals surface area (Å²) in [4.78, 5) is 23.0. The lowest BCUT2D eigenvalue weighted by Crippen LogP contribution is -2.72. The van der Waals surface area contributed by atoms with Crippen molar-refractivity contribution in [3.05, 3.63) is 47.5 Å². The van der Waals surface area contributed by atoms with Crippen molar-refractivity contribution in [3.63, 3.8) is 0 Å². The minimum Gasteiger partial charge on any atom is -0.490 e. The molecule has 3 aliphatic rings. The molecule has 1 aliphatic carbocycles. The number of aromatic nitrogens is 2. The van der Waals surface area contributed by atoms with Crippen LogP contribution in [0.3, 0.4) is 0 Å². The van der Waals surface area contributed by atoms with E-state index in [0.717, 1.165) is 19.3 Å². The second-order valence-corrected chi connectivity index (χ2v) is 8.49. The maximum absolute atomic E-state index is 12.7. The highest BCUT2D eigenvalue weighted by Gasteiger charge is 2.53. The fourth-order valence-electron chi connectivity index (χ4n) is 3.91. The molecule has 0 atom stereocenters. The average Bonchev–Trinajstić information content (AvgIpc) is 3.47. The summed E-state index contributed by atoms with van der Waals surface area (Å²) in [5.74, 6) is 0.439. The largest absolute Gasteiger partial charge is 0.573 e. The molecule has 2 aliphatic heterocycles. The van der Waals surface area contributed by atoms with E-state index >= 15 is 0 Å². The van der Waals surface area contributed by atoms with Crippen molar-refractivity contribution in [3.8, 4) is 11.5 Å². The first-order chi connectivity index (χ1) is 15.3. The van der Waals surface area contributed by atoms with Crippen LogP contribution >= 0.6 is 0 Å². The topological polar surface area (TPSA) is 73.8 Å². The molecule has 2 saturated heterocycles. The van der Waals surface area contributed by atoms with Gasteiger partial charge in [0, 0.05) is 31.4 Å². The van der Waals surface area contributed by atoms with Gasteiger partial charge in [-0.15, -0.1) is 13.2 Å². The number of carbonyl (C=O) groups is 1. The third-order valence-electron chi connectivity index (χ3n) is 5.95. The molecule has 1 saturated carbocycles. The van der Waals surface area contributed by atoms with Crippen molar-refractivity contribution < 1.29 is 32.2 Å². The van der Waals surface area contributed by atoms with Crippen LogP contribution < -0.4 is 9.47 Å². The SMILES string of the molecule is O=C(c1cnc(CCc2cc(OC3CC3)cc(OC(F)(F)F)c2)nc1)N1CCC12COC2. The first-order valence-corrected chi connectivity index (χ1v) is 10.6. The number of likely N-dealkylation sites (tertiary alicyclic amines) is 1. The van der Waals surface area contributed by atoms with Crippen molar-refractivity contribution in [2.75, 3.05) is 19.8 Å². The summed E-state index contributed by atoms with van der Waals surface area (Å²) in [6.45, 7) is 1.84. The zero-order valence-electron chi connectivity index (χ0n) is 17.2. The summed E-state index contributed by atoms with van der Waals surface area (Å²) in [5, 5.41) is 0. The zero-order valence-corrected chi connectivity index (χ0v) is 17.2. The van der Waals surface area contributed by atoms with Crippen LogP contribution in [-0.4, -0.2) is 58.5 Å². The predicted molar refractivity (Wildman–Crippen MR) is 105 cm³/mol. The number of hydrogen-bond acceptors (Lipinski definition) is 6. The van der Waals surface area contributed by atoms with Gasteiger partial charge in [0.25, 0.3) is 5.91 Å². The Bertz CT molecular complexity index is 999. The number of nitrogens with zero attached hydrogens (tertiary/aromatic N) is 3. The number of rotatable bonds is 7. The molecule has 1 aromatic carbocycles. The Morgan fingerprint density at radius 2 is 1.84 bits per heavy atom. The zero-order chi connectivity index (χ0) is 22.3. The van der Waals surface area contributed by atoms with Crippen LogP contribution in [0, 0.1) is 0 Å². The molecule has 2 aromatic rings. The van der Waals surface area contributed by atoms with Crippen molar-refractivity contribution >= 4 is 5.91 Å². The van der Waals surface area contributed by atoms with Crippen LogP contribution in [0.25, 0.3) is 0 Å². The molecule has 32 heavy (non-hydrogen) atoms. The summed E-state index contributed by atoms with van der Waals surface area (Å²) in [6, 6.07) is 4.31. The van der Waals surface area contributed by atoms with Gasteiger partial charge in [-0.05, 0) is 43.4 Å². The quantitative estimate of drug-likeness (QED) is 0.646. The fraction of sp³-hybridized carbons (Fsp3) is 0.500. The smallest absolute Gasteiger partial charge is 0.490 e. The fourth-order valence-corrected chi connectivity index (χ4v) is 3.91. The van der Waals surface area contributed by atoms with E-state index in [9.17, 15) is 18.0 Å². The normalized spacial score (nSPS) is 19.3.